The van der Waals surface area contributed by atoms with Crippen LogP contribution in [-0.4, -0.2) is 19.3 Å². The molecule has 0 saturated heterocycles. The average molecular weight is 415 g/mol. The van der Waals surface area contributed by atoms with Crippen LogP contribution in [0.4, 0.5) is 5.13 Å². The van der Waals surface area contributed by atoms with Crippen molar-refractivity contribution in [3.63, 3.8) is 0 Å². The number of aromatic nitrogens is 1. The van der Waals surface area contributed by atoms with Gasteiger partial charge in [-0.3, -0.25) is 10.1 Å². The molecule has 146 valence electrons. The maximum absolute atomic E-state index is 12.5. The van der Waals surface area contributed by atoms with Gasteiger partial charge in [-0.15, -0.1) is 11.3 Å². The Morgan fingerprint density at radius 2 is 1.68 bits per heavy atom. The highest BCUT2D eigenvalue weighted by molar-refractivity contribution is 7.90. The van der Waals surface area contributed by atoms with Crippen molar-refractivity contribution in [2.24, 2.45) is 0 Å². The molecule has 0 atom stereocenters. The minimum Gasteiger partial charge on any atom is -0.298 e. The average Bonchev–Trinajstić information content (AvgIpc) is 3.12. The molecule has 5 nitrogen and oxygen atoms in total. The number of hydrogen-bond acceptors (Lipinski definition) is 5. The Labute approximate surface area is 169 Å². The minimum atomic E-state index is -3.42. The van der Waals surface area contributed by atoms with Gasteiger partial charge in [0, 0.05) is 16.4 Å². The van der Waals surface area contributed by atoms with E-state index in [0.29, 0.717) is 16.3 Å². The zero-order chi connectivity index (χ0) is 20.4. The molecule has 28 heavy (non-hydrogen) atoms. The molecule has 3 aromatic rings. The standard InChI is InChI=1S/C21H22N2O3S2/c1-21(2,3)18-13-27-20(22-18)23-19(24)16-11-9-15(10-12-16)14-28(25,26)17-7-5-4-6-8-17/h4-13H,14H2,1-3H3,(H,22,23,24). The minimum absolute atomic E-state index is 0.0780. The summed E-state index contributed by atoms with van der Waals surface area (Å²) < 4.78 is 24.9. The van der Waals surface area contributed by atoms with E-state index in [2.05, 4.69) is 31.1 Å². The number of amides is 1. The summed E-state index contributed by atoms with van der Waals surface area (Å²) in [7, 11) is -3.42. The Morgan fingerprint density at radius 1 is 1.04 bits per heavy atom. The Kier molecular flexibility index (Phi) is 5.67. The summed E-state index contributed by atoms with van der Waals surface area (Å²) >= 11 is 1.39. The Hall–Kier alpha value is -2.51. The van der Waals surface area contributed by atoms with Crippen molar-refractivity contribution < 1.29 is 13.2 Å². The van der Waals surface area contributed by atoms with Gasteiger partial charge in [-0.2, -0.15) is 0 Å². The SMILES string of the molecule is CC(C)(C)c1csc(NC(=O)c2ccc(CS(=O)(=O)c3ccccc3)cc2)n1. The number of sulfone groups is 1. The molecule has 7 heteroatoms. The zero-order valence-electron chi connectivity index (χ0n) is 16.0. The summed E-state index contributed by atoms with van der Waals surface area (Å²) in [6, 6.07) is 14.9. The van der Waals surface area contributed by atoms with Crippen molar-refractivity contribution in [3.8, 4) is 0 Å². The first-order chi connectivity index (χ1) is 13.1. The van der Waals surface area contributed by atoms with Crippen LogP contribution >= 0.6 is 11.3 Å². The molecule has 0 spiro atoms. The number of nitrogens with zero attached hydrogens (tertiary/aromatic N) is 1. The molecule has 1 aromatic heterocycles. The summed E-state index contributed by atoms with van der Waals surface area (Å²) in [5.74, 6) is -0.382. The van der Waals surface area contributed by atoms with Crippen LogP contribution in [0.3, 0.4) is 0 Å². The van der Waals surface area contributed by atoms with Crippen LogP contribution in [0.25, 0.3) is 0 Å². The van der Waals surface area contributed by atoms with Crippen LogP contribution in [0.15, 0.2) is 64.9 Å². The first-order valence-corrected chi connectivity index (χ1v) is 11.3. The van der Waals surface area contributed by atoms with Gasteiger partial charge in [-0.25, -0.2) is 13.4 Å². The van der Waals surface area contributed by atoms with Crippen molar-refractivity contribution in [1.82, 2.24) is 4.98 Å². The first-order valence-electron chi connectivity index (χ1n) is 8.79. The highest BCUT2D eigenvalue weighted by Gasteiger charge is 2.19. The molecular formula is C21H22N2O3S2. The molecule has 2 aromatic carbocycles. The van der Waals surface area contributed by atoms with Crippen molar-refractivity contribution >= 4 is 32.2 Å². The maximum atomic E-state index is 12.5. The van der Waals surface area contributed by atoms with E-state index in [1.54, 1.807) is 54.6 Å². The van der Waals surface area contributed by atoms with E-state index in [1.165, 1.54) is 11.3 Å². The van der Waals surface area contributed by atoms with Crippen LogP contribution in [0.2, 0.25) is 0 Å². The first kappa shape index (κ1) is 20.2. The molecule has 3 rings (SSSR count). The smallest absolute Gasteiger partial charge is 0.257 e. The van der Waals surface area contributed by atoms with Gasteiger partial charge >= 0.3 is 0 Å². The van der Waals surface area contributed by atoms with Crippen LogP contribution in [0.1, 0.15) is 42.4 Å². The van der Waals surface area contributed by atoms with Crippen molar-refractivity contribution in [1.29, 1.82) is 0 Å². The molecule has 1 N–H and O–H groups in total. The van der Waals surface area contributed by atoms with Crippen LogP contribution in [0.5, 0.6) is 0 Å². The van der Waals surface area contributed by atoms with E-state index >= 15 is 0 Å². The second kappa shape index (κ2) is 7.85. The van der Waals surface area contributed by atoms with Gasteiger partial charge in [0.25, 0.3) is 5.91 Å². The summed E-state index contributed by atoms with van der Waals surface area (Å²) in [5, 5.41) is 5.28. The number of benzene rings is 2. The number of nitrogens with one attached hydrogen (secondary N) is 1. The van der Waals surface area contributed by atoms with Crippen LogP contribution in [0, 0.1) is 0 Å². The number of anilines is 1. The fraction of sp³-hybridized carbons (Fsp3) is 0.238. The fourth-order valence-electron chi connectivity index (χ4n) is 2.53. The quantitative estimate of drug-likeness (QED) is 0.658. The van der Waals surface area contributed by atoms with Gasteiger partial charge in [-0.05, 0) is 29.8 Å². The summed E-state index contributed by atoms with van der Waals surface area (Å²) in [4.78, 5) is 17.2. The van der Waals surface area contributed by atoms with Crippen LogP contribution in [-0.2, 0) is 21.0 Å². The lowest BCUT2D eigenvalue weighted by Gasteiger charge is -2.14. The van der Waals surface area contributed by atoms with Gasteiger partial charge in [0.05, 0.1) is 16.3 Å². The monoisotopic (exact) mass is 414 g/mol. The number of carbonyl (C=O) groups is 1. The molecule has 0 aliphatic rings. The Balaban J connectivity index is 1.68. The molecule has 1 heterocycles. The van der Waals surface area contributed by atoms with Gasteiger partial charge < -0.3 is 0 Å². The Bertz CT molecular complexity index is 1060. The summed E-state index contributed by atoms with van der Waals surface area (Å²) in [5.41, 5.74) is 1.93. The maximum Gasteiger partial charge on any atom is 0.257 e. The van der Waals surface area contributed by atoms with E-state index in [-0.39, 0.29) is 22.0 Å². The molecule has 0 aliphatic carbocycles. The predicted octanol–water partition coefficient (Wildman–Crippen LogP) is 4.67. The third kappa shape index (κ3) is 4.85. The molecule has 1 amide bonds. The number of rotatable bonds is 5. The lowest BCUT2D eigenvalue weighted by molar-refractivity contribution is 0.102. The molecule has 0 fully saturated rings. The van der Waals surface area contributed by atoms with Crippen molar-refractivity contribution in [2.45, 2.75) is 36.8 Å². The van der Waals surface area contributed by atoms with Gasteiger partial charge in [-0.1, -0.05) is 51.1 Å². The third-order valence-electron chi connectivity index (χ3n) is 4.17. The number of carbonyl (C=O) groups excluding carboxylic acids is 1. The molecular weight excluding hydrogens is 392 g/mol. The van der Waals surface area contributed by atoms with Crippen molar-refractivity contribution in [3.05, 3.63) is 76.8 Å². The van der Waals surface area contributed by atoms with Gasteiger partial charge in [0.1, 0.15) is 0 Å². The largest absolute Gasteiger partial charge is 0.298 e. The molecule has 0 bridgehead atoms. The Morgan fingerprint density at radius 3 is 2.25 bits per heavy atom. The third-order valence-corrected chi connectivity index (χ3v) is 6.63. The summed E-state index contributed by atoms with van der Waals surface area (Å²) in [6.45, 7) is 6.20. The lowest BCUT2D eigenvalue weighted by atomic mass is 9.93. The van der Waals surface area contributed by atoms with E-state index in [1.807, 2.05) is 5.38 Å². The molecule has 0 saturated carbocycles. The number of thiazole rings is 1. The molecule has 0 aliphatic heterocycles. The topological polar surface area (TPSA) is 76.1 Å². The van der Waals surface area contributed by atoms with Gasteiger partial charge in [0.2, 0.25) is 0 Å². The van der Waals surface area contributed by atoms with E-state index in [9.17, 15) is 13.2 Å². The summed E-state index contributed by atoms with van der Waals surface area (Å²) in [6.07, 6.45) is 0. The lowest BCUT2D eigenvalue weighted by Crippen LogP contribution is -2.14. The van der Waals surface area contributed by atoms with Gasteiger partial charge in [0.15, 0.2) is 15.0 Å². The van der Waals surface area contributed by atoms with Crippen molar-refractivity contribution in [2.75, 3.05) is 5.32 Å². The molecule has 0 unspecified atom stereocenters. The van der Waals surface area contributed by atoms with Crippen LogP contribution < -0.4 is 5.32 Å². The zero-order valence-corrected chi connectivity index (χ0v) is 17.6. The van der Waals surface area contributed by atoms with E-state index in [4.69, 9.17) is 0 Å². The highest BCUT2D eigenvalue weighted by atomic mass is 32.2. The predicted molar refractivity (Wildman–Crippen MR) is 113 cm³/mol. The second-order valence-electron chi connectivity index (χ2n) is 7.51. The highest BCUT2D eigenvalue weighted by Crippen LogP contribution is 2.26. The van der Waals surface area contributed by atoms with E-state index < -0.39 is 9.84 Å². The molecule has 0 radical (unpaired) electrons. The van der Waals surface area contributed by atoms with E-state index in [0.717, 1.165) is 5.69 Å². The second-order valence-corrected chi connectivity index (χ2v) is 10.4. The fourth-order valence-corrected chi connectivity index (χ4v) is 4.83. The number of hydrogen-bond donors (Lipinski definition) is 1. The normalized spacial score (nSPS) is 12.0.